The van der Waals surface area contributed by atoms with Crippen LogP contribution in [0.3, 0.4) is 0 Å². The lowest BCUT2D eigenvalue weighted by molar-refractivity contribution is -0.147. The molecule has 4 N–H and O–H groups in total. The fourth-order valence-electron chi connectivity index (χ4n) is 4.91. The molecule has 6 rings (SSSR count). The van der Waals surface area contributed by atoms with Crippen LogP contribution in [0, 0.1) is 59.2 Å². The molecule has 0 fully saturated rings. The van der Waals surface area contributed by atoms with Gasteiger partial charge in [-0.15, -0.1) is 0 Å². The number of aliphatic carboxylic acids is 2. The van der Waals surface area contributed by atoms with Crippen molar-refractivity contribution in [1.29, 1.82) is 0 Å². The molecule has 0 aliphatic heterocycles. The number of nitrogens with one attached hydrogen (secondary N) is 2. The molecule has 0 aromatic heterocycles. The van der Waals surface area contributed by atoms with Gasteiger partial charge >= 0.3 is 23.8 Å². The number of hydrogen-bond acceptors (Lipinski definition) is 4. The van der Waals surface area contributed by atoms with Crippen LogP contribution >= 0.6 is 0 Å². The summed E-state index contributed by atoms with van der Waals surface area (Å²) >= 11 is 0. The van der Waals surface area contributed by atoms with Crippen molar-refractivity contribution < 1.29 is 29.4 Å². The number of carboxylic acid groups (broad SMARTS) is 2. The molecule has 2 amide bonds. The molecule has 0 aliphatic rings. The third-order valence-electron chi connectivity index (χ3n) is 7.97. The van der Waals surface area contributed by atoms with Gasteiger partial charge in [0.05, 0.1) is 0 Å². The lowest BCUT2D eigenvalue weighted by Gasteiger charge is -2.01. The third kappa shape index (κ3) is 11.8. The molecule has 0 spiro atoms. The predicted molar refractivity (Wildman–Crippen MR) is 221 cm³/mol. The molecule has 0 heterocycles. The zero-order valence-corrected chi connectivity index (χ0v) is 30.4. The Kier molecular flexibility index (Phi) is 12.6. The second-order valence-corrected chi connectivity index (χ2v) is 12.2. The van der Waals surface area contributed by atoms with Crippen molar-refractivity contribution >= 4 is 35.1 Å². The topological polar surface area (TPSA) is 133 Å². The van der Waals surface area contributed by atoms with Crippen molar-refractivity contribution in [2.45, 2.75) is 0 Å². The van der Waals surface area contributed by atoms with Gasteiger partial charge in [-0.2, -0.15) is 0 Å². The van der Waals surface area contributed by atoms with Crippen molar-refractivity contribution in [2.24, 2.45) is 0 Å². The first-order valence-corrected chi connectivity index (χ1v) is 17.4. The van der Waals surface area contributed by atoms with Gasteiger partial charge in [0.15, 0.2) is 0 Å². The van der Waals surface area contributed by atoms with Crippen LogP contribution in [-0.2, 0) is 19.2 Å². The standard InChI is InChI=1S/C50H28N2O6/c53-47(49(55)56)51-45-31-27-43(28-32-45)25-23-41-19-15-39(16-20-41)13-11-37-7-3-35(4-8-37)1-2-36-5-9-38(10-6-36)12-14-40-17-21-42(22-18-40)24-26-44-29-33-46(34-30-44)52-48(54)50(57)58/h3-10,15-22,27-34H,(H,51,53)(H,52,54)(H,55,56)(H,57,58). The molecule has 6 aromatic carbocycles. The number of rotatable bonds is 2. The van der Waals surface area contributed by atoms with E-state index in [4.69, 9.17) is 10.2 Å². The lowest BCUT2D eigenvalue weighted by Crippen LogP contribution is -2.21. The highest BCUT2D eigenvalue weighted by Gasteiger charge is 2.11. The summed E-state index contributed by atoms with van der Waals surface area (Å²) in [5.41, 5.74) is 8.95. The Bertz CT molecular complexity index is 2640. The van der Waals surface area contributed by atoms with E-state index in [0.29, 0.717) is 11.4 Å². The van der Waals surface area contributed by atoms with E-state index in [1.807, 2.05) is 97.1 Å². The average Bonchev–Trinajstić information content (AvgIpc) is 3.25. The molecule has 0 unspecified atom stereocenters. The Labute approximate surface area is 334 Å². The van der Waals surface area contributed by atoms with E-state index < -0.39 is 23.8 Å². The number of carboxylic acids is 2. The van der Waals surface area contributed by atoms with E-state index in [-0.39, 0.29) is 0 Å². The van der Waals surface area contributed by atoms with Crippen molar-refractivity contribution in [3.05, 3.63) is 201 Å². The molecule has 8 nitrogen and oxygen atoms in total. The Balaban J connectivity index is 0.978. The maximum Gasteiger partial charge on any atom is 0.394 e. The van der Waals surface area contributed by atoms with Gasteiger partial charge in [-0.05, 0) is 146 Å². The molecule has 0 aliphatic carbocycles. The van der Waals surface area contributed by atoms with Gasteiger partial charge < -0.3 is 20.8 Å². The summed E-state index contributed by atoms with van der Waals surface area (Å²) in [7, 11) is 0. The Morgan fingerprint density at radius 1 is 0.276 bits per heavy atom. The number of anilines is 2. The Hall–Kier alpha value is -9.00. The molecule has 58 heavy (non-hydrogen) atoms. The summed E-state index contributed by atoms with van der Waals surface area (Å²) in [4.78, 5) is 43.9. The molecular weight excluding hydrogens is 725 g/mol. The van der Waals surface area contributed by atoms with Crippen molar-refractivity contribution in [2.75, 3.05) is 10.6 Å². The number of carbonyl (C=O) groups is 4. The first kappa shape index (κ1) is 38.7. The van der Waals surface area contributed by atoms with Crippen molar-refractivity contribution in [3.8, 4) is 59.2 Å². The lowest BCUT2D eigenvalue weighted by atomic mass is 10.1. The second kappa shape index (κ2) is 18.9. The SMILES string of the molecule is O=C(O)C(=O)Nc1ccc(C#Cc2ccc(C#Cc3ccc(C#Cc4ccc(C#Cc5ccc(C#Cc6ccc(NC(=O)C(=O)O)cc6)cc5)cc4)cc3)cc2)cc1. The largest absolute Gasteiger partial charge is 0.474 e. The fourth-order valence-corrected chi connectivity index (χ4v) is 4.91. The zero-order chi connectivity index (χ0) is 40.7. The Morgan fingerprint density at radius 3 is 0.552 bits per heavy atom. The van der Waals surface area contributed by atoms with E-state index >= 15 is 0 Å². The summed E-state index contributed by atoms with van der Waals surface area (Å²) in [5, 5.41) is 22.0. The smallest absolute Gasteiger partial charge is 0.394 e. The molecular formula is C50H28N2O6. The van der Waals surface area contributed by atoms with Gasteiger partial charge in [0, 0.05) is 67.0 Å². The maximum absolute atomic E-state index is 11.3. The average molecular weight is 753 g/mol. The van der Waals surface area contributed by atoms with E-state index in [1.165, 1.54) is 0 Å². The molecule has 0 atom stereocenters. The van der Waals surface area contributed by atoms with E-state index in [1.54, 1.807) is 48.5 Å². The molecule has 274 valence electrons. The zero-order valence-electron chi connectivity index (χ0n) is 30.4. The van der Waals surface area contributed by atoms with E-state index in [9.17, 15) is 19.2 Å². The summed E-state index contributed by atoms with van der Waals surface area (Å²) < 4.78 is 0. The van der Waals surface area contributed by atoms with Gasteiger partial charge in [-0.25, -0.2) is 9.59 Å². The normalized spacial score (nSPS) is 9.45. The van der Waals surface area contributed by atoms with Gasteiger partial charge in [0.2, 0.25) is 0 Å². The van der Waals surface area contributed by atoms with E-state index in [2.05, 4.69) is 69.8 Å². The molecule has 0 saturated carbocycles. The highest BCUT2D eigenvalue weighted by molar-refractivity contribution is 6.36. The number of amides is 2. The molecule has 0 bridgehead atoms. The number of carbonyl (C=O) groups excluding carboxylic acids is 2. The molecule has 0 saturated heterocycles. The molecule has 0 radical (unpaired) electrons. The quantitative estimate of drug-likeness (QED) is 0.115. The summed E-state index contributed by atoms with van der Waals surface area (Å²) in [6.45, 7) is 0. The predicted octanol–water partition coefficient (Wildman–Crippen LogP) is 6.73. The van der Waals surface area contributed by atoms with Gasteiger partial charge in [-0.3, -0.25) is 9.59 Å². The third-order valence-corrected chi connectivity index (χ3v) is 7.97. The van der Waals surface area contributed by atoms with Crippen molar-refractivity contribution in [3.63, 3.8) is 0 Å². The minimum Gasteiger partial charge on any atom is -0.474 e. The van der Waals surface area contributed by atoms with Crippen LogP contribution in [-0.4, -0.2) is 34.0 Å². The van der Waals surface area contributed by atoms with Gasteiger partial charge in [0.1, 0.15) is 0 Å². The second-order valence-electron chi connectivity index (χ2n) is 12.2. The van der Waals surface area contributed by atoms with E-state index in [0.717, 1.165) is 55.6 Å². The minimum atomic E-state index is -1.55. The van der Waals surface area contributed by atoms with Crippen LogP contribution in [0.15, 0.2) is 146 Å². The monoisotopic (exact) mass is 752 g/mol. The summed E-state index contributed by atoms with van der Waals surface area (Å²) in [5.74, 6) is 26.0. The minimum absolute atomic E-state index is 0.375. The van der Waals surface area contributed by atoms with Crippen molar-refractivity contribution in [1.82, 2.24) is 0 Å². The van der Waals surface area contributed by atoms with Gasteiger partial charge in [0.25, 0.3) is 0 Å². The van der Waals surface area contributed by atoms with Crippen LogP contribution in [0.5, 0.6) is 0 Å². The summed E-state index contributed by atoms with van der Waals surface area (Å²) in [6.07, 6.45) is 0. The summed E-state index contributed by atoms with van der Waals surface area (Å²) in [6, 6.07) is 43.8. The Morgan fingerprint density at radius 2 is 0.414 bits per heavy atom. The highest BCUT2D eigenvalue weighted by Crippen LogP contribution is 2.12. The molecule has 8 heteroatoms. The van der Waals surface area contributed by atoms with Crippen LogP contribution in [0.2, 0.25) is 0 Å². The van der Waals surface area contributed by atoms with Gasteiger partial charge in [-0.1, -0.05) is 59.2 Å². The highest BCUT2D eigenvalue weighted by atomic mass is 16.4. The number of benzene rings is 6. The van der Waals surface area contributed by atoms with Crippen LogP contribution in [0.1, 0.15) is 55.6 Å². The molecule has 6 aromatic rings. The maximum atomic E-state index is 11.3. The fraction of sp³-hybridized carbons (Fsp3) is 0. The first-order chi connectivity index (χ1) is 28.1. The van der Waals surface area contributed by atoms with Crippen LogP contribution in [0.25, 0.3) is 0 Å². The van der Waals surface area contributed by atoms with Crippen LogP contribution < -0.4 is 10.6 Å². The number of hydrogen-bond donors (Lipinski definition) is 4. The van der Waals surface area contributed by atoms with Crippen LogP contribution in [0.4, 0.5) is 11.4 Å². The first-order valence-electron chi connectivity index (χ1n) is 17.4.